The van der Waals surface area contributed by atoms with Gasteiger partial charge in [0.25, 0.3) is 0 Å². The van der Waals surface area contributed by atoms with Crippen molar-refractivity contribution < 1.29 is 9.50 Å². The molecule has 0 aliphatic rings. The van der Waals surface area contributed by atoms with Crippen molar-refractivity contribution in [1.29, 1.82) is 0 Å². The van der Waals surface area contributed by atoms with Gasteiger partial charge in [-0.15, -0.1) is 0 Å². The first-order valence-corrected chi connectivity index (χ1v) is 7.04. The van der Waals surface area contributed by atoms with E-state index in [0.717, 1.165) is 9.99 Å². The van der Waals surface area contributed by atoms with Crippen molar-refractivity contribution in [2.45, 2.75) is 13.5 Å². The van der Waals surface area contributed by atoms with Crippen molar-refractivity contribution in [3.8, 4) is 17.1 Å². The number of hydrogen-bond donors (Lipinski definition) is 1. The maximum absolute atomic E-state index is 13.4. The molecule has 0 bridgehead atoms. The molecule has 102 valence electrons. The van der Waals surface area contributed by atoms with Crippen LogP contribution in [0.5, 0.6) is 5.75 Å². The van der Waals surface area contributed by atoms with Gasteiger partial charge in [0.1, 0.15) is 17.4 Å². The Kier molecular flexibility index (Phi) is 3.22. The summed E-state index contributed by atoms with van der Waals surface area (Å²) in [4.78, 5) is 4.51. The summed E-state index contributed by atoms with van der Waals surface area (Å²) in [5.74, 6) is 0.488. The smallest absolute Gasteiger partial charge is 0.144 e. The average Bonchev–Trinajstić information content (AvgIpc) is 2.76. The Morgan fingerprint density at radius 1 is 1.25 bits per heavy atom. The standard InChI is InChI=1S/C15H12BrFN2O/c1-2-19-13-8-10(17)4-6-12(13)18-15(19)11-5-3-9(16)7-14(11)20/h3-8,20H,2H2,1H3. The largest absolute Gasteiger partial charge is 0.507 e. The summed E-state index contributed by atoms with van der Waals surface area (Å²) in [5, 5.41) is 10.1. The second-order valence-corrected chi connectivity index (χ2v) is 5.39. The van der Waals surface area contributed by atoms with Crippen LogP contribution in [0.3, 0.4) is 0 Å². The van der Waals surface area contributed by atoms with Crippen LogP contribution in [0.4, 0.5) is 4.39 Å². The topological polar surface area (TPSA) is 38.0 Å². The van der Waals surface area contributed by atoms with Gasteiger partial charge in [-0.05, 0) is 43.3 Å². The highest BCUT2D eigenvalue weighted by Gasteiger charge is 2.15. The number of rotatable bonds is 2. The molecule has 0 saturated heterocycles. The number of aromatic nitrogens is 2. The van der Waals surface area contributed by atoms with Crippen molar-refractivity contribution in [1.82, 2.24) is 9.55 Å². The zero-order valence-corrected chi connectivity index (χ0v) is 12.4. The Balaban J connectivity index is 2.30. The maximum Gasteiger partial charge on any atom is 0.144 e. The van der Waals surface area contributed by atoms with Gasteiger partial charge >= 0.3 is 0 Å². The highest BCUT2D eigenvalue weighted by Crippen LogP contribution is 2.33. The lowest BCUT2D eigenvalue weighted by Crippen LogP contribution is -1.97. The monoisotopic (exact) mass is 334 g/mol. The number of phenolic OH excluding ortho intramolecular Hbond substituents is 1. The molecule has 2 aromatic carbocycles. The maximum atomic E-state index is 13.4. The fourth-order valence-electron chi connectivity index (χ4n) is 2.32. The fraction of sp³-hybridized carbons (Fsp3) is 0.133. The number of fused-ring (bicyclic) bond motifs is 1. The number of phenols is 1. The first kappa shape index (κ1) is 13.1. The lowest BCUT2D eigenvalue weighted by atomic mass is 10.2. The molecule has 1 aromatic heterocycles. The van der Waals surface area contributed by atoms with E-state index in [1.165, 1.54) is 12.1 Å². The zero-order chi connectivity index (χ0) is 14.3. The van der Waals surface area contributed by atoms with Crippen molar-refractivity contribution in [3.63, 3.8) is 0 Å². The number of hydrogen-bond acceptors (Lipinski definition) is 2. The van der Waals surface area contributed by atoms with Crippen molar-refractivity contribution in [2.24, 2.45) is 0 Å². The van der Waals surface area contributed by atoms with Crippen LogP contribution in [0.2, 0.25) is 0 Å². The van der Waals surface area contributed by atoms with E-state index in [9.17, 15) is 9.50 Å². The number of nitrogens with zero attached hydrogens (tertiary/aromatic N) is 2. The van der Waals surface area contributed by atoms with Gasteiger partial charge in [-0.2, -0.15) is 0 Å². The highest BCUT2D eigenvalue weighted by molar-refractivity contribution is 9.10. The van der Waals surface area contributed by atoms with Gasteiger partial charge in [0.2, 0.25) is 0 Å². The number of halogens is 2. The third-order valence-electron chi connectivity index (χ3n) is 3.23. The molecule has 3 aromatic rings. The normalized spacial score (nSPS) is 11.2. The van der Waals surface area contributed by atoms with E-state index in [4.69, 9.17) is 0 Å². The Morgan fingerprint density at radius 2 is 2.05 bits per heavy atom. The molecule has 3 rings (SSSR count). The molecule has 0 atom stereocenters. The van der Waals surface area contributed by atoms with Gasteiger partial charge in [0, 0.05) is 11.0 Å². The van der Waals surface area contributed by atoms with Crippen LogP contribution in [0.1, 0.15) is 6.92 Å². The molecule has 3 nitrogen and oxygen atoms in total. The second kappa shape index (κ2) is 4.90. The molecule has 0 aliphatic carbocycles. The average molecular weight is 335 g/mol. The SMILES string of the molecule is CCn1c(-c2ccc(Br)cc2O)nc2ccc(F)cc21. The van der Waals surface area contributed by atoms with E-state index in [0.29, 0.717) is 23.4 Å². The number of aryl methyl sites for hydroxylation is 1. The van der Waals surface area contributed by atoms with Crippen LogP contribution in [-0.2, 0) is 6.54 Å². The molecule has 0 aliphatic heterocycles. The van der Waals surface area contributed by atoms with Crippen LogP contribution >= 0.6 is 15.9 Å². The molecule has 1 N–H and O–H groups in total. The molecular weight excluding hydrogens is 323 g/mol. The zero-order valence-electron chi connectivity index (χ0n) is 10.8. The minimum Gasteiger partial charge on any atom is -0.507 e. The number of aromatic hydroxyl groups is 1. The number of benzene rings is 2. The summed E-state index contributed by atoms with van der Waals surface area (Å²) in [6.45, 7) is 2.61. The minimum absolute atomic E-state index is 0.143. The van der Waals surface area contributed by atoms with E-state index in [2.05, 4.69) is 20.9 Å². The molecule has 1 heterocycles. The van der Waals surface area contributed by atoms with E-state index in [-0.39, 0.29) is 11.6 Å². The lowest BCUT2D eigenvalue weighted by molar-refractivity contribution is 0.476. The molecule has 0 fully saturated rings. The summed E-state index contributed by atoms with van der Waals surface area (Å²) in [5.41, 5.74) is 2.07. The molecule has 0 radical (unpaired) electrons. The van der Waals surface area contributed by atoms with Crippen molar-refractivity contribution in [3.05, 3.63) is 46.7 Å². The predicted molar refractivity (Wildman–Crippen MR) is 80.2 cm³/mol. The van der Waals surface area contributed by atoms with Gasteiger partial charge in [-0.25, -0.2) is 9.37 Å². The van der Waals surface area contributed by atoms with Gasteiger partial charge in [-0.1, -0.05) is 15.9 Å². The summed E-state index contributed by atoms with van der Waals surface area (Å²) < 4.78 is 16.1. The summed E-state index contributed by atoms with van der Waals surface area (Å²) in [6.07, 6.45) is 0. The van der Waals surface area contributed by atoms with E-state index in [1.54, 1.807) is 18.2 Å². The molecule has 20 heavy (non-hydrogen) atoms. The van der Waals surface area contributed by atoms with Crippen LogP contribution in [0.25, 0.3) is 22.4 Å². The number of imidazole rings is 1. The van der Waals surface area contributed by atoms with E-state index < -0.39 is 0 Å². The highest BCUT2D eigenvalue weighted by atomic mass is 79.9. The first-order valence-electron chi connectivity index (χ1n) is 6.25. The predicted octanol–water partition coefficient (Wildman–Crippen LogP) is 4.33. The van der Waals surface area contributed by atoms with Gasteiger partial charge in [0.05, 0.1) is 16.6 Å². The van der Waals surface area contributed by atoms with Crippen molar-refractivity contribution >= 4 is 27.0 Å². The Labute approximate surface area is 123 Å². The Morgan fingerprint density at radius 3 is 2.75 bits per heavy atom. The van der Waals surface area contributed by atoms with Crippen LogP contribution in [0, 0.1) is 5.82 Å². The summed E-state index contributed by atoms with van der Waals surface area (Å²) in [7, 11) is 0. The van der Waals surface area contributed by atoms with Crippen LogP contribution < -0.4 is 0 Å². The molecule has 0 spiro atoms. The molecule has 0 amide bonds. The second-order valence-electron chi connectivity index (χ2n) is 4.47. The first-order chi connectivity index (χ1) is 9.60. The van der Waals surface area contributed by atoms with Gasteiger partial charge < -0.3 is 9.67 Å². The Bertz CT molecular complexity index is 798. The molecule has 5 heteroatoms. The molecule has 0 saturated carbocycles. The van der Waals surface area contributed by atoms with E-state index in [1.807, 2.05) is 17.6 Å². The lowest BCUT2D eigenvalue weighted by Gasteiger charge is -2.08. The third kappa shape index (κ3) is 2.08. The summed E-state index contributed by atoms with van der Waals surface area (Å²) in [6, 6.07) is 9.76. The Hall–Kier alpha value is -1.88. The van der Waals surface area contributed by atoms with Crippen molar-refractivity contribution in [2.75, 3.05) is 0 Å². The van der Waals surface area contributed by atoms with E-state index >= 15 is 0 Å². The third-order valence-corrected chi connectivity index (χ3v) is 3.72. The van der Waals surface area contributed by atoms with Gasteiger partial charge in [-0.3, -0.25) is 0 Å². The van der Waals surface area contributed by atoms with Gasteiger partial charge in [0.15, 0.2) is 0 Å². The molecule has 0 unspecified atom stereocenters. The summed E-state index contributed by atoms with van der Waals surface area (Å²) >= 11 is 3.31. The van der Waals surface area contributed by atoms with Crippen LogP contribution in [-0.4, -0.2) is 14.7 Å². The molecular formula is C15H12BrFN2O. The van der Waals surface area contributed by atoms with Crippen LogP contribution in [0.15, 0.2) is 40.9 Å². The minimum atomic E-state index is -0.293. The fourth-order valence-corrected chi connectivity index (χ4v) is 2.66. The quantitative estimate of drug-likeness (QED) is 0.757.